The monoisotopic (exact) mass is 326 g/mol. The normalized spacial score (nSPS) is 14.5. The molecule has 0 saturated carbocycles. The van der Waals surface area contributed by atoms with E-state index in [4.69, 9.17) is 5.11 Å². The standard InChI is InChI=1S/C14H22N4O3S/c1-18-7-5-10-11(9-18)22-14(16-10)17-13(21)12(20)15-6-3-2-4-8-19/h19H,2-9H2,1H3,(H,15,20)(H,16,17,21). The fourth-order valence-electron chi connectivity index (χ4n) is 2.23. The topological polar surface area (TPSA) is 94.6 Å². The summed E-state index contributed by atoms with van der Waals surface area (Å²) in [5.41, 5.74) is 1.02. The highest BCUT2D eigenvalue weighted by Crippen LogP contribution is 2.27. The SMILES string of the molecule is CN1CCc2nc(NC(=O)C(=O)NCCCCCO)sc2C1. The molecule has 2 heterocycles. The van der Waals surface area contributed by atoms with E-state index in [2.05, 4.69) is 20.5 Å². The molecule has 0 fully saturated rings. The number of carbonyl (C=O) groups is 2. The van der Waals surface area contributed by atoms with Crippen molar-refractivity contribution in [2.24, 2.45) is 0 Å². The van der Waals surface area contributed by atoms with Crippen LogP contribution in [0.5, 0.6) is 0 Å². The van der Waals surface area contributed by atoms with E-state index in [9.17, 15) is 9.59 Å². The average molecular weight is 326 g/mol. The molecule has 1 aliphatic heterocycles. The first-order valence-electron chi connectivity index (χ1n) is 7.47. The number of aliphatic hydroxyl groups excluding tert-OH is 1. The number of carbonyl (C=O) groups excluding carboxylic acids is 2. The van der Waals surface area contributed by atoms with Crippen LogP contribution in [0.1, 0.15) is 29.8 Å². The Labute approximate surface area is 133 Å². The molecule has 2 amide bonds. The van der Waals surface area contributed by atoms with Crippen LogP contribution in [-0.2, 0) is 22.6 Å². The Morgan fingerprint density at radius 3 is 2.91 bits per heavy atom. The van der Waals surface area contributed by atoms with Gasteiger partial charge < -0.3 is 15.3 Å². The zero-order chi connectivity index (χ0) is 15.9. The molecule has 0 aliphatic carbocycles. The zero-order valence-electron chi connectivity index (χ0n) is 12.7. The van der Waals surface area contributed by atoms with Gasteiger partial charge in [0.15, 0.2) is 5.13 Å². The molecular formula is C14H22N4O3S. The molecule has 22 heavy (non-hydrogen) atoms. The highest BCUT2D eigenvalue weighted by molar-refractivity contribution is 7.16. The van der Waals surface area contributed by atoms with E-state index in [1.165, 1.54) is 11.3 Å². The Morgan fingerprint density at radius 2 is 2.14 bits per heavy atom. The zero-order valence-corrected chi connectivity index (χ0v) is 13.5. The Balaban J connectivity index is 1.78. The summed E-state index contributed by atoms with van der Waals surface area (Å²) in [6.45, 7) is 2.38. The third-order valence-corrected chi connectivity index (χ3v) is 4.47. The number of unbranched alkanes of at least 4 members (excludes halogenated alkanes) is 2. The number of amides is 2. The lowest BCUT2D eigenvalue weighted by Gasteiger charge is -2.20. The Bertz CT molecular complexity index is 532. The molecule has 7 nitrogen and oxygen atoms in total. The molecule has 0 unspecified atom stereocenters. The van der Waals surface area contributed by atoms with Gasteiger partial charge >= 0.3 is 11.8 Å². The van der Waals surface area contributed by atoms with E-state index in [-0.39, 0.29) is 6.61 Å². The molecule has 122 valence electrons. The number of nitrogens with one attached hydrogen (secondary N) is 2. The number of likely N-dealkylation sites (N-methyl/N-ethyl adjacent to an activating group) is 1. The van der Waals surface area contributed by atoms with E-state index in [0.29, 0.717) is 18.1 Å². The van der Waals surface area contributed by atoms with E-state index in [1.54, 1.807) is 0 Å². The second kappa shape index (κ2) is 8.21. The van der Waals surface area contributed by atoms with Crippen LogP contribution in [0.4, 0.5) is 5.13 Å². The van der Waals surface area contributed by atoms with E-state index >= 15 is 0 Å². The molecule has 0 bridgehead atoms. The van der Waals surface area contributed by atoms with Crippen LogP contribution in [0.2, 0.25) is 0 Å². The second-order valence-corrected chi connectivity index (χ2v) is 6.45. The summed E-state index contributed by atoms with van der Waals surface area (Å²) in [7, 11) is 2.05. The van der Waals surface area contributed by atoms with Crippen molar-refractivity contribution in [2.75, 3.05) is 32.1 Å². The van der Waals surface area contributed by atoms with Crippen LogP contribution in [0.15, 0.2) is 0 Å². The highest BCUT2D eigenvalue weighted by atomic mass is 32.1. The number of hydrogen-bond acceptors (Lipinski definition) is 6. The van der Waals surface area contributed by atoms with Gasteiger partial charge in [0.25, 0.3) is 0 Å². The number of rotatable bonds is 6. The number of nitrogens with zero attached hydrogens (tertiary/aromatic N) is 2. The van der Waals surface area contributed by atoms with Crippen LogP contribution in [0.3, 0.4) is 0 Å². The lowest BCUT2D eigenvalue weighted by Crippen LogP contribution is -2.35. The molecule has 3 N–H and O–H groups in total. The van der Waals surface area contributed by atoms with E-state index in [0.717, 1.165) is 42.9 Å². The van der Waals surface area contributed by atoms with Gasteiger partial charge in [-0.15, -0.1) is 11.3 Å². The summed E-state index contributed by atoms with van der Waals surface area (Å²) in [5.74, 6) is -1.32. The quantitative estimate of drug-likeness (QED) is 0.518. The van der Waals surface area contributed by atoms with Gasteiger partial charge in [0.1, 0.15) is 0 Å². The van der Waals surface area contributed by atoms with Gasteiger partial charge in [-0.1, -0.05) is 0 Å². The molecule has 1 aromatic heterocycles. The maximum atomic E-state index is 11.8. The summed E-state index contributed by atoms with van der Waals surface area (Å²) in [4.78, 5) is 31.2. The lowest BCUT2D eigenvalue weighted by molar-refractivity contribution is -0.136. The highest BCUT2D eigenvalue weighted by Gasteiger charge is 2.20. The molecule has 0 atom stereocenters. The van der Waals surface area contributed by atoms with Gasteiger partial charge in [-0.3, -0.25) is 14.9 Å². The minimum Gasteiger partial charge on any atom is -0.396 e. The fraction of sp³-hybridized carbons (Fsp3) is 0.643. The molecular weight excluding hydrogens is 304 g/mol. The van der Waals surface area contributed by atoms with Crippen LogP contribution >= 0.6 is 11.3 Å². The van der Waals surface area contributed by atoms with E-state index < -0.39 is 11.8 Å². The van der Waals surface area contributed by atoms with Crippen molar-refractivity contribution in [2.45, 2.75) is 32.2 Å². The average Bonchev–Trinajstić information content (AvgIpc) is 2.88. The number of anilines is 1. The van der Waals surface area contributed by atoms with Gasteiger partial charge in [-0.25, -0.2) is 4.98 Å². The molecule has 0 aromatic carbocycles. The smallest absolute Gasteiger partial charge is 0.315 e. The molecule has 2 rings (SSSR count). The van der Waals surface area contributed by atoms with Gasteiger partial charge in [0, 0.05) is 37.5 Å². The number of hydrogen-bond donors (Lipinski definition) is 3. The van der Waals surface area contributed by atoms with Crippen LogP contribution in [0, 0.1) is 0 Å². The molecule has 1 aliphatic rings. The van der Waals surface area contributed by atoms with Gasteiger partial charge in [-0.05, 0) is 26.3 Å². The van der Waals surface area contributed by atoms with Crippen molar-refractivity contribution in [3.63, 3.8) is 0 Å². The van der Waals surface area contributed by atoms with Crippen molar-refractivity contribution in [3.8, 4) is 0 Å². The molecule has 8 heteroatoms. The maximum absolute atomic E-state index is 11.8. The van der Waals surface area contributed by atoms with Crippen molar-refractivity contribution < 1.29 is 14.7 Å². The molecule has 0 spiro atoms. The summed E-state index contributed by atoms with van der Waals surface area (Å²) in [6, 6.07) is 0. The van der Waals surface area contributed by atoms with Crippen molar-refractivity contribution in [3.05, 3.63) is 10.6 Å². The fourth-order valence-corrected chi connectivity index (χ4v) is 3.31. The second-order valence-electron chi connectivity index (χ2n) is 5.37. The Hall–Kier alpha value is -1.51. The molecule has 1 aromatic rings. The van der Waals surface area contributed by atoms with Crippen LogP contribution in [0.25, 0.3) is 0 Å². The lowest BCUT2D eigenvalue weighted by atomic mass is 10.2. The number of aromatic nitrogens is 1. The minimum absolute atomic E-state index is 0.151. The third-order valence-electron chi connectivity index (χ3n) is 3.47. The van der Waals surface area contributed by atoms with Crippen LogP contribution < -0.4 is 10.6 Å². The van der Waals surface area contributed by atoms with E-state index in [1.807, 2.05) is 7.05 Å². The number of fused-ring (bicyclic) bond motifs is 1. The maximum Gasteiger partial charge on any atom is 0.315 e. The molecule has 0 saturated heterocycles. The first-order chi connectivity index (χ1) is 10.6. The predicted molar refractivity (Wildman–Crippen MR) is 84.7 cm³/mol. The number of aliphatic hydroxyl groups is 1. The Kier molecular flexibility index (Phi) is 6.29. The summed E-state index contributed by atoms with van der Waals surface area (Å²) in [5, 5.41) is 14.3. The van der Waals surface area contributed by atoms with Crippen LogP contribution in [-0.4, -0.2) is 53.5 Å². The minimum atomic E-state index is -0.679. The van der Waals surface area contributed by atoms with Crippen molar-refractivity contribution in [1.29, 1.82) is 0 Å². The summed E-state index contributed by atoms with van der Waals surface area (Å²) < 4.78 is 0. The number of thiazole rings is 1. The Morgan fingerprint density at radius 1 is 1.32 bits per heavy atom. The predicted octanol–water partition coefficient (Wildman–Crippen LogP) is 0.348. The third kappa shape index (κ3) is 4.75. The van der Waals surface area contributed by atoms with Crippen molar-refractivity contribution >= 4 is 28.3 Å². The molecule has 0 radical (unpaired) electrons. The van der Waals surface area contributed by atoms with Gasteiger partial charge in [0.05, 0.1) is 5.69 Å². The summed E-state index contributed by atoms with van der Waals surface area (Å²) >= 11 is 1.43. The van der Waals surface area contributed by atoms with Crippen molar-refractivity contribution in [1.82, 2.24) is 15.2 Å². The summed E-state index contributed by atoms with van der Waals surface area (Å²) in [6.07, 6.45) is 3.15. The van der Waals surface area contributed by atoms with Gasteiger partial charge in [-0.2, -0.15) is 0 Å². The first-order valence-corrected chi connectivity index (χ1v) is 8.29. The first kappa shape index (κ1) is 16.9. The van der Waals surface area contributed by atoms with Gasteiger partial charge in [0.2, 0.25) is 0 Å². The largest absolute Gasteiger partial charge is 0.396 e.